The second-order valence-electron chi connectivity index (χ2n) is 5.33. The minimum Gasteiger partial charge on any atom is -1.00 e. The van der Waals surface area contributed by atoms with Gasteiger partial charge in [-0.2, -0.15) is 17.6 Å². The van der Waals surface area contributed by atoms with Gasteiger partial charge in [-0.3, -0.25) is 0 Å². The SMILES string of the molecule is C1=C([CH-]C2=Cc3ccccc3C2)Cc2ccccc21.[Cl-].[Cl-].[Hf]. The van der Waals surface area contributed by atoms with Crippen LogP contribution in [0.25, 0.3) is 12.2 Å². The Balaban J connectivity index is 0.000000807. The van der Waals surface area contributed by atoms with Crippen LogP contribution in [0.5, 0.6) is 0 Å². The van der Waals surface area contributed by atoms with Crippen LogP contribution in [0.4, 0.5) is 0 Å². The zero-order valence-electron chi connectivity index (χ0n) is 12.0. The molecule has 0 fully saturated rings. The Hall–Kier alpha value is -0.760. The summed E-state index contributed by atoms with van der Waals surface area (Å²) in [6.45, 7) is 0. The van der Waals surface area contributed by atoms with E-state index in [1.54, 1.807) is 0 Å². The third kappa shape index (κ3) is 3.76. The summed E-state index contributed by atoms with van der Waals surface area (Å²) in [5.74, 6) is 0. The maximum absolute atomic E-state index is 2.36. The van der Waals surface area contributed by atoms with Crippen LogP contribution in [0, 0.1) is 6.42 Å². The van der Waals surface area contributed by atoms with Crippen molar-refractivity contribution < 1.29 is 50.7 Å². The molecule has 0 radical (unpaired) electrons. The van der Waals surface area contributed by atoms with Crippen molar-refractivity contribution in [2.24, 2.45) is 0 Å². The number of halogens is 2. The van der Waals surface area contributed by atoms with Crippen molar-refractivity contribution in [3.05, 3.63) is 88.4 Å². The summed E-state index contributed by atoms with van der Waals surface area (Å²) in [6, 6.07) is 17.3. The van der Waals surface area contributed by atoms with Gasteiger partial charge in [-0.15, -0.1) is 12.2 Å². The van der Waals surface area contributed by atoms with E-state index in [0.717, 1.165) is 12.8 Å². The molecular weight excluding hydrogens is 478 g/mol. The molecule has 0 saturated heterocycles. The Morgan fingerprint density at radius 1 is 0.636 bits per heavy atom. The minimum atomic E-state index is 0. The van der Waals surface area contributed by atoms with Gasteiger partial charge in [-0.1, -0.05) is 70.8 Å². The molecule has 0 bridgehead atoms. The quantitative estimate of drug-likeness (QED) is 0.353. The van der Waals surface area contributed by atoms with Gasteiger partial charge in [0.25, 0.3) is 0 Å². The van der Waals surface area contributed by atoms with Crippen LogP contribution in [-0.4, -0.2) is 0 Å². The molecule has 0 heterocycles. The largest absolute Gasteiger partial charge is 1.00 e. The average Bonchev–Trinajstić information content (AvgIpc) is 3.00. The number of fused-ring (bicyclic) bond motifs is 2. The average molecular weight is 493 g/mol. The van der Waals surface area contributed by atoms with Gasteiger partial charge >= 0.3 is 0 Å². The molecule has 0 amide bonds. The Kier molecular flexibility index (Phi) is 7.18. The molecule has 0 aromatic heterocycles. The summed E-state index contributed by atoms with van der Waals surface area (Å²) in [5, 5.41) is 0. The smallest absolute Gasteiger partial charge is 0 e. The number of benzene rings is 2. The second kappa shape index (κ2) is 8.19. The van der Waals surface area contributed by atoms with Gasteiger partial charge in [0, 0.05) is 25.8 Å². The van der Waals surface area contributed by atoms with Crippen LogP contribution in [0.3, 0.4) is 0 Å². The molecule has 0 aliphatic heterocycles. The molecule has 2 aromatic rings. The van der Waals surface area contributed by atoms with E-state index in [1.165, 1.54) is 33.4 Å². The van der Waals surface area contributed by atoms with Crippen molar-refractivity contribution in [1.82, 2.24) is 0 Å². The monoisotopic (exact) mass is 493 g/mol. The molecule has 0 atom stereocenters. The van der Waals surface area contributed by atoms with Gasteiger partial charge in [0.1, 0.15) is 0 Å². The van der Waals surface area contributed by atoms with Crippen LogP contribution >= 0.6 is 0 Å². The molecule has 0 saturated carbocycles. The number of hydrogen-bond acceptors (Lipinski definition) is 0. The first-order chi connectivity index (χ1) is 9.38. The molecule has 22 heavy (non-hydrogen) atoms. The van der Waals surface area contributed by atoms with Crippen molar-refractivity contribution in [2.45, 2.75) is 12.8 Å². The van der Waals surface area contributed by atoms with Gasteiger partial charge in [0.15, 0.2) is 0 Å². The minimum absolute atomic E-state index is 0. The molecule has 3 heteroatoms. The first kappa shape index (κ1) is 19.3. The second-order valence-corrected chi connectivity index (χ2v) is 5.33. The predicted molar refractivity (Wildman–Crippen MR) is 80.5 cm³/mol. The van der Waals surface area contributed by atoms with Gasteiger partial charge in [0.05, 0.1) is 0 Å². The van der Waals surface area contributed by atoms with Crippen molar-refractivity contribution in [3.8, 4) is 0 Å². The van der Waals surface area contributed by atoms with E-state index < -0.39 is 0 Å². The molecule has 0 nitrogen and oxygen atoms in total. The molecular formula is C19H15Cl2Hf-3. The number of allylic oxidation sites excluding steroid dienone is 2. The maximum Gasteiger partial charge on any atom is 0 e. The van der Waals surface area contributed by atoms with Crippen molar-refractivity contribution in [1.29, 1.82) is 0 Å². The maximum atomic E-state index is 2.36. The molecule has 0 spiro atoms. The summed E-state index contributed by atoms with van der Waals surface area (Å²) in [4.78, 5) is 0. The fourth-order valence-corrected chi connectivity index (χ4v) is 3.04. The Labute approximate surface area is 163 Å². The van der Waals surface area contributed by atoms with Crippen molar-refractivity contribution in [3.63, 3.8) is 0 Å². The van der Waals surface area contributed by atoms with Crippen LogP contribution < -0.4 is 24.8 Å². The third-order valence-electron chi connectivity index (χ3n) is 3.95. The van der Waals surface area contributed by atoms with E-state index in [2.05, 4.69) is 67.1 Å². The summed E-state index contributed by atoms with van der Waals surface area (Å²) >= 11 is 0. The van der Waals surface area contributed by atoms with E-state index >= 15 is 0 Å². The summed E-state index contributed by atoms with van der Waals surface area (Å²) in [5.41, 5.74) is 8.52. The molecule has 2 aliphatic rings. The predicted octanol–water partition coefficient (Wildman–Crippen LogP) is -1.52. The van der Waals surface area contributed by atoms with Crippen molar-refractivity contribution >= 4 is 12.2 Å². The molecule has 2 aromatic carbocycles. The zero-order chi connectivity index (χ0) is 12.7. The Bertz CT molecular complexity index is 655. The Morgan fingerprint density at radius 3 is 1.45 bits per heavy atom. The van der Waals surface area contributed by atoms with Gasteiger partial charge in [0.2, 0.25) is 0 Å². The normalized spacial score (nSPS) is 13.5. The van der Waals surface area contributed by atoms with E-state index in [4.69, 9.17) is 0 Å². The van der Waals surface area contributed by atoms with Crippen molar-refractivity contribution in [2.75, 3.05) is 0 Å². The van der Waals surface area contributed by atoms with Gasteiger partial charge < -0.3 is 24.8 Å². The van der Waals surface area contributed by atoms with E-state index in [1.807, 2.05) is 0 Å². The van der Waals surface area contributed by atoms with Gasteiger partial charge in [-0.25, -0.2) is 0 Å². The Morgan fingerprint density at radius 2 is 1.05 bits per heavy atom. The molecule has 4 rings (SSSR count). The van der Waals surface area contributed by atoms with Crippen LogP contribution in [0.2, 0.25) is 0 Å². The van der Waals surface area contributed by atoms with Crippen LogP contribution in [-0.2, 0) is 38.7 Å². The number of rotatable bonds is 2. The zero-order valence-corrected chi connectivity index (χ0v) is 17.1. The summed E-state index contributed by atoms with van der Waals surface area (Å²) in [6.07, 6.45) is 9.14. The van der Waals surface area contributed by atoms with E-state index in [0.29, 0.717) is 0 Å². The summed E-state index contributed by atoms with van der Waals surface area (Å²) in [7, 11) is 0. The van der Waals surface area contributed by atoms with Crippen LogP contribution in [0.15, 0.2) is 59.7 Å². The molecule has 0 N–H and O–H groups in total. The summed E-state index contributed by atoms with van der Waals surface area (Å²) < 4.78 is 0. The van der Waals surface area contributed by atoms with E-state index in [-0.39, 0.29) is 50.7 Å². The topological polar surface area (TPSA) is 0 Å². The molecule has 112 valence electrons. The molecule has 2 aliphatic carbocycles. The third-order valence-corrected chi connectivity index (χ3v) is 3.95. The van der Waals surface area contributed by atoms with Gasteiger partial charge in [-0.05, 0) is 12.8 Å². The first-order valence-corrected chi connectivity index (χ1v) is 6.80. The fourth-order valence-electron chi connectivity index (χ4n) is 3.04. The van der Waals surface area contributed by atoms with E-state index in [9.17, 15) is 0 Å². The fraction of sp³-hybridized carbons (Fsp3) is 0.105. The molecule has 0 unspecified atom stereocenters. The van der Waals surface area contributed by atoms with Crippen LogP contribution in [0.1, 0.15) is 22.3 Å². The number of hydrogen-bond donors (Lipinski definition) is 0. The standard InChI is InChI=1S/C19H15.2ClH.Hf/c1-2-6-17-11-14(10-16(17)5-1)9-15-12-18-7-3-4-8-19(18)13-15;;;/h1-10,12H,11,13H2;2*1H;/q-1;;;/p-2. The first-order valence-electron chi connectivity index (χ1n) is 6.80.